The van der Waals surface area contributed by atoms with Gasteiger partial charge in [-0.15, -0.1) is 0 Å². The molecule has 1 aromatic heterocycles. The van der Waals surface area contributed by atoms with Crippen LogP contribution in [0.5, 0.6) is 0 Å². The lowest BCUT2D eigenvalue weighted by atomic mass is 10.1. The highest BCUT2D eigenvalue weighted by atomic mass is 16.6. The van der Waals surface area contributed by atoms with Gasteiger partial charge in [0.05, 0.1) is 4.92 Å². The van der Waals surface area contributed by atoms with E-state index in [2.05, 4.69) is 22.2 Å². The molecule has 1 aromatic rings. The summed E-state index contributed by atoms with van der Waals surface area (Å²) in [7, 11) is 1.81. The van der Waals surface area contributed by atoms with Gasteiger partial charge < -0.3 is 10.2 Å². The predicted octanol–water partition coefficient (Wildman–Crippen LogP) is 1.86. The van der Waals surface area contributed by atoms with Crippen LogP contribution in [-0.4, -0.2) is 40.4 Å². The van der Waals surface area contributed by atoms with Crippen LogP contribution in [0.3, 0.4) is 0 Å². The van der Waals surface area contributed by atoms with E-state index in [9.17, 15) is 10.1 Å². The van der Waals surface area contributed by atoms with Crippen LogP contribution in [0.4, 0.5) is 11.5 Å². The predicted molar refractivity (Wildman–Crippen MR) is 82.8 cm³/mol. The zero-order chi connectivity index (χ0) is 15.4. The van der Waals surface area contributed by atoms with Crippen molar-refractivity contribution in [1.82, 2.24) is 15.1 Å². The van der Waals surface area contributed by atoms with Crippen molar-refractivity contribution in [1.29, 1.82) is 0 Å². The third-order valence-electron chi connectivity index (χ3n) is 4.03. The third-order valence-corrected chi connectivity index (χ3v) is 4.03. The first-order valence-electron chi connectivity index (χ1n) is 7.77. The molecule has 0 amide bonds. The molecule has 21 heavy (non-hydrogen) atoms. The number of hydrogen-bond donors (Lipinski definition) is 1. The molecule has 0 radical (unpaired) electrons. The lowest BCUT2D eigenvalue weighted by molar-refractivity contribution is -0.384. The van der Waals surface area contributed by atoms with Crippen LogP contribution in [0, 0.1) is 10.1 Å². The summed E-state index contributed by atoms with van der Waals surface area (Å²) >= 11 is 0. The van der Waals surface area contributed by atoms with Gasteiger partial charge in [-0.25, -0.2) is 4.68 Å². The third kappa shape index (κ3) is 3.18. The largest absolute Gasteiger partial charge is 0.347 e. The summed E-state index contributed by atoms with van der Waals surface area (Å²) in [4.78, 5) is 13.4. The van der Waals surface area contributed by atoms with E-state index < -0.39 is 0 Å². The van der Waals surface area contributed by atoms with Crippen molar-refractivity contribution in [3.63, 3.8) is 0 Å². The van der Waals surface area contributed by atoms with E-state index in [1.807, 2.05) is 6.92 Å². The molecule has 1 saturated heterocycles. The Morgan fingerprint density at radius 1 is 1.52 bits per heavy atom. The maximum absolute atomic E-state index is 11.5. The molecule has 0 saturated carbocycles. The van der Waals surface area contributed by atoms with Crippen LogP contribution in [0.25, 0.3) is 0 Å². The molecular weight excluding hydrogens is 270 g/mol. The van der Waals surface area contributed by atoms with Gasteiger partial charge >= 0.3 is 5.69 Å². The number of aryl methyl sites for hydroxylation is 2. The van der Waals surface area contributed by atoms with Crippen LogP contribution >= 0.6 is 0 Å². The molecule has 7 nitrogen and oxygen atoms in total. The molecule has 0 aromatic carbocycles. The molecule has 0 bridgehead atoms. The van der Waals surface area contributed by atoms with Crippen molar-refractivity contribution in [3.8, 4) is 0 Å². The Morgan fingerprint density at radius 3 is 2.81 bits per heavy atom. The molecule has 1 atom stereocenters. The highest BCUT2D eigenvalue weighted by Gasteiger charge is 2.33. The van der Waals surface area contributed by atoms with Crippen LogP contribution in [0.1, 0.15) is 38.8 Å². The minimum absolute atomic E-state index is 0.180. The molecule has 1 unspecified atom stereocenters. The second-order valence-corrected chi connectivity index (χ2v) is 5.55. The number of anilines is 1. The first-order valence-corrected chi connectivity index (χ1v) is 7.77. The quantitative estimate of drug-likeness (QED) is 0.640. The minimum atomic E-state index is -0.278. The van der Waals surface area contributed by atoms with Crippen LogP contribution in [-0.2, 0) is 13.5 Å². The van der Waals surface area contributed by atoms with Gasteiger partial charge in [0.15, 0.2) is 0 Å². The molecular formula is C14H25N5O2. The molecule has 2 rings (SSSR count). The van der Waals surface area contributed by atoms with E-state index >= 15 is 0 Å². The fourth-order valence-electron chi connectivity index (χ4n) is 3.11. The standard InChI is InChI=1S/C14H25N5O2/c1-4-9-18(11-7-6-8-15-10-11)14-13(19(20)21)12(5-2)16-17(14)3/h11,15H,4-10H2,1-3H3. The van der Waals surface area contributed by atoms with Gasteiger partial charge in [0.1, 0.15) is 5.69 Å². The van der Waals surface area contributed by atoms with E-state index in [0.717, 1.165) is 38.9 Å². The lowest BCUT2D eigenvalue weighted by Crippen LogP contribution is -2.47. The number of hydrogen-bond acceptors (Lipinski definition) is 5. The Hall–Kier alpha value is -1.63. The van der Waals surface area contributed by atoms with Gasteiger partial charge in [-0.05, 0) is 32.2 Å². The molecule has 1 aliphatic heterocycles. The second-order valence-electron chi connectivity index (χ2n) is 5.55. The monoisotopic (exact) mass is 295 g/mol. The summed E-state index contributed by atoms with van der Waals surface area (Å²) < 4.78 is 1.68. The van der Waals surface area contributed by atoms with E-state index in [0.29, 0.717) is 24.0 Å². The van der Waals surface area contributed by atoms with Crippen LogP contribution in [0.2, 0.25) is 0 Å². The summed E-state index contributed by atoms with van der Waals surface area (Å²) in [5.41, 5.74) is 0.751. The number of rotatable bonds is 6. The number of nitrogens with one attached hydrogen (secondary N) is 1. The van der Waals surface area contributed by atoms with Crippen molar-refractivity contribution in [2.45, 2.75) is 45.6 Å². The summed E-state index contributed by atoms with van der Waals surface area (Å²) in [6.07, 6.45) is 3.71. The van der Waals surface area contributed by atoms with Gasteiger partial charge in [0, 0.05) is 26.2 Å². The topological polar surface area (TPSA) is 76.2 Å². The first-order chi connectivity index (χ1) is 10.1. The molecule has 1 fully saturated rings. The minimum Gasteiger partial charge on any atom is -0.347 e. The molecule has 1 N–H and O–H groups in total. The van der Waals surface area contributed by atoms with Gasteiger partial charge in [-0.3, -0.25) is 10.1 Å². The van der Waals surface area contributed by atoms with Crippen molar-refractivity contribution in [3.05, 3.63) is 15.8 Å². The number of nitrogens with zero attached hydrogens (tertiary/aromatic N) is 4. The van der Waals surface area contributed by atoms with Gasteiger partial charge in [-0.1, -0.05) is 13.8 Å². The Bertz CT molecular complexity index is 494. The van der Waals surface area contributed by atoms with Crippen molar-refractivity contribution < 1.29 is 4.92 Å². The maximum Gasteiger partial charge on any atom is 0.334 e. The molecule has 2 heterocycles. The Kier molecular flexibility index (Phi) is 5.17. The number of nitro groups is 1. The Morgan fingerprint density at radius 2 is 2.29 bits per heavy atom. The lowest BCUT2D eigenvalue weighted by Gasteiger charge is -2.35. The summed E-state index contributed by atoms with van der Waals surface area (Å²) in [6, 6.07) is 0.303. The van der Waals surface area contributed by atoms with Gasteiger partial charge in [0.25, 0.3) is 0 Å². The second kappa shape index (κ2) is 6.89. The number of piperidine rings is 1. The average Bonchev–Trinajstić information content (AvgIpc) is 2.82. The normalized spacial score (nSPS) is 18.7. The fourth-order valence-corrected chi connectivity index (χ4v) is 3.11. The maximum atomic E-state index is 11.5. The average molecular weight is 295 g/mol. The van der Waals surface area contributed by atoms with Crippen LogP contribution in [0.15, 0.2) is 0 Å². The zero-order valence-corrected chi connectivity index (χ0v) is 13.1. The van der Waals surface area contributed by atoms with Crippen molar-refractivity contribution >= 4 is 11.5 Å². The Labute approximate surface area is 125 Å². The summed E-state index contributed by atoms with van der Waals surface area (Å²) in [5, 5.41) is 19.3. The highest BCUT2D eigenvalue weighted by Crippen LogP contribution is 2.34. The fraction of sp³-hybridized carbons (Fsp3) is 0.786. The van der Waals surface area contributed by atoms with Crippen molar-refractivity contribution in [2.24, 2.45) is 7.05 Å². The SMILES string of the molecule is CCCN(c1c([N+](=O)[O-])c(CC)nn1C)C1CCCNC1. The van der Waals surface area contributed by atoms with Crippen LogP contribution < -0.4 is 10.2 Å². The highest BCUT2D eigenvalue weighted by molar-refractivity contribution is 5.62. The molecule has 1 aliphatic rings. The summed E-state index contributed by atoms with van der Waals surface area (Å²) in [5.74, 6) is 0.660. The molecule has 0 aliphatic carbocycles. The zero-order valence-electron chi connectivity index (χ0n) is 13.1. The first kappa shape index (κ1) is 15.8. The summed E-state index contributed by atoms with van der Waals surface area (Å²) in [6.45, 7) is 6.74. The van der Waals surface area contributed by atoms with E-state index in [-0.39, 0.29) is 10.6 Å². The smallest absolute Gasteiger partial charge is 0.334 e. The molecule has 118 valence electrons. The van der Waals surface area contributed by atoms with E-state index in [1.165, 1.54) is 0 Å². The Balaban J connectivity index is 2.43. The van der Waals surface area contributed by atoms with E-state index in [1.54, 1.807) is 11.7 Å². The van der Waals surface area contributed by atoms with Crippen molar-refractivity contribution in [2.75, 3.05) is 24.5 Å². The molecule has 0 spiro atoms. The number of aromatic nitrogens is 2. The molecule has 7 heteroatoms. The van der Waals surface area contributed by atoms with Gasteiger partial charge in [0.2, 0.25) is 5.82 Å². The van der Waals surface area contributed by atoms with E-state index in [4.69, 9.17) is 0 Å². The van der Waals surface area contributed by atoms with Gasteiger partial charge in [-0.2, -0.15) is 5.10 Å².